The van der Waals surface area contributed by atoms with E-state index in [1.54, 1.807) is 49.1 Å². The molecule has 0 aromatic carbocycles. The maximum absolute atomic E-state index is 12.7. The van der Waals surface area contributed by atoms with Crippen LogP contribution in [0, 0.1) is 0 Å². The van der Waals surface area contributed by atoms with E-state index in [0.29, 0.717) is 24.2 Å². The lowest BCUT2D eigenvalue weighted by molar-refractivity contribution is -0.401. The van der Waals surface area contributed by atoms with E-state index in [0.717, 1.165) is 38.5 Å². The Morgan fingerprint density at radius 1 is 0.543 bits per heavy atom. The van der Waals surface area contributed by atoms with Gasteiger partial charge in [0, 0.05) is 83.1 Å². The molecule has 0 aliphatic carbocycles. The number of nitrogens with zero attached hydrogens (tertiary/aromatic N) is 2. The van der Waals surface area contributed by atoms with Crippen LogP contribution < -0.4 is 10.6 Å². The Balaban J connectivity index is 0.000000479. The van der Waals surface area contributed by atoms with Crippen LogP contribution in [0.3, 0.4) is 0 Å². The van der Waals surface area contributed by atoms with Crippen LogP contribution in [0.2, 0.25) is 0 Å². The number of aromatic nitrogens is 2. The first-order chi connectivity index (χ1) is 21.0. The average Bonchev–Trinajstić information content (AvgIpc) is 2.97. The zero-order valence-corrected chi connectivity index (χ0v) is 27.6. The molecule has 2 amide bonds. The summed E-state index contributed by atoms with van der Waals surface area (Å²) in [4.78, 5) is 31.5. The number of pyridine rings is 2. The summed E-state index contributed by atoms with van der Waals surface area (Å²) < 4.78 is 138. The maximum Gasteiger partial charge on any atom is 0.387 e. The van der Waals surface area contributed by atoms with E-state index in [2.05, 4.69) is 20.6 Å². The molecule has 0 unspecified atom stereocenters. The molecule has 20 heteroatoms. The fourth-order valence-corrected chi connectivity index (χ4v) is 3.99. The van der Waals surface area contributed by atoms with Gasteiger partial charge in [0.2, 0.25) is 0 Å². The maximum atomic E-state index is 12.7. The summed E-state index contributed by atoms with van der Waals surface area (Å²) in [5.41, 5.74) is 1.20. The number of unbranched alkanes of at least 4 members (excludes halogenated alkanes) is 5. The van der Waals surface area contributed by atoms with Gasteiger partial charge in [-0.1, -0.05) is 25.7 Å². The molecule has 2 heterocycles. The highest BCUT2D eigenvalue weighted by Crippen LogP contribution is 2.62. The number of hydrogen-bond donors (Lipinski definition) is 2. The highest BCUT2D eigenvalue weighted by molar-refractivity contribution is 14.1. The van der Waals surface area contributed by atoms with E-state index in [4.69, 9.17) is 0 Å². The summed E-state index contributed by atoms with van der Waals surface area (Å²) in [5.74, 6) is -29.0. The van der Waals surface area contributed by atoms with E-state index in [1.165, 1.54) is 0 Å². The molecule has 46 heavy (non-hydrogen) atoms. The summed E-state index contributed by atoms with van der Waals surface area (Å²) >= 11 is -1.39. The van der Waals surface area contributed by atoms with E-state index >= 15 is 0 Å². The Kier molecular flexibility index (Phi) is 15.8. The van der Waals surface area contributed by atoms with Gasteiger partial charge >= 0.3 is 31.5 Å². The van der Waals surface area contributed by atoms with Crippen molar-refractivity contribution in [2.24, 2.45) is 0 Å². The molecule has 0 aliphatic heterocycles. The van der Waals surface area contributed by atoms with Crippen LogP contribution >= 0.6 is 45.2 Å². The lowest BCUT2D eigenvalue weighted by Crippen LogP contribution is -2.68. The molecular formula is C26H26F12I2N4O2. The van der Waals surface area contributed by atoms with E-state index in [9.17, 15) is 62.3 Å². The molecule has 0 saturated carbocycles. The summed E-state index contributed by atoms with van der Waals surface area (Å²) in [6.07, 6.45) is 12.9. The first kappa shape index (κ1) is 41.9. The molecule has 0 fully saturated rings. The first-order valence-corrected chi connectivity index (χ1v) is 15.2. The van der Waals surface area contributed by atoms with Gasteiger partial charge in [-0.25, -0.2) is 0 Å². The second kappa shape index (κ2) is 17.3. The predicted molar refractivity (Wildman–Crippen MR) is 159 cm³/mol. The summed E-state index contributed by atoms with van der Waals surface area (Å²) in [6, 6.07) is 7.03. The normalized spacial score (nSPS) is 13.0. The van der Waals surface area contributed by atoms with Crippen molar-refractivity contribution < 1.29 is 62.3 Å². The second-order valence-electron chi connectivity index (χ2n) is 9.41. The van der Waals surface area contributed by atoms with Crippen molar-refractivity contribution in [2.75, 3.05) is 13.1 Å². The SMILES string of the molecule is FC(F)(I)C(F)(F)C(F)(F)C(F)(F)C(F)(F)C(F)(F)I.O=C(NCCCCCCCCNC(=O)c1cccnc1)c1cccnc1. The molecular weight excluding hydrogens is 882 g/mol. The van der Waals surface area contributed by atoms with E-state index in [1.807, 2.05) is 0 Å². The minimum Gasteiger partial charge on any atom is -0.352 e. The lowest BCUT2D eigenvalue weighted by atomic mass is 9.99. The molecule has 0 saturated heterocycles. The van der Waals surface area contributed by atoms with Gasteiger partial charge in [-0.2, -0.15) is 52.7 Å². The van der Waals surface area contributed by atoms with Gasteiger partial charge in [-0.05, 0) is 37.1 Å². The second-order valence-corrected chi connectivity index (χ2v) is 12.1. The van der Waals surface area contributed by atoms with Gasteiger partial charge in [0.25, 0.3) is 11.8 Å². The van der Waals surface area contributed by atoms with Crippen LogP contribution in [0.15, 0.2) is 49.1 Å². The predicted octanol–water partition coefficient (Wildman–Crippen LogP) is 8.56. The van der Waals surface area contributed by atoms with E-state index in [-0.39, 0.29) is 11.8 Å². The van der Waals surface area contributed by atoms with Crippen LogP contribution in [0.25, 0.3) is 0 Å². The fourth-order valence-electron chi connectivity index (χ4n) is 3.31. The minimum absolute atomic E-state index is 0.0672. The third kappa shape index (κ3) is 11.0. The van der Waals surface area contributed by atoms with Gasteiger partial charge in [-0.15, -0.1) is 0 Å². The average molecular weight is 908 g/mol. The topological polar surface area (TPSA) is 84.0 Å². The van der Waals surface area contributed by atoms with Crippen molar-refractivity contribution in [3.05, 3.63) is 60.2 Å². The number of nitrogens with one attached hydrogen (secondary N) is 2. The van der Waals surface area contributed by atoms with Crippen LogP contribution in [0.1, 0.15) is 59.2 Å². The zero-order valence-electron chi connectivity index (χ0n) is 23.3. The van der Waals surface area contributed by atoms with Gasteiger partial charge < -0.3 is 10.6 Å². The van der Waals surface area contributed by atoms with Crippen LogP contribution in [0.5, 0.6) is 0 Å². The number of carbonyl (C=O) groups is 2. The molecule has 0 radical (unpaired) electrons. The Hall–Kier alpha value is -2.14. The third-order valence-electron chi connectivity index (χ3n) is 5.92. The third-order valence-corrected chi connectivity index (χ3v) is 7.27. The smallest absolute Gasteiger partial charge is 0.352 e. The van der Waals surface area contributed by atoms with Crippen LogP contribution in [-0.4, -0.2) is 66.4 Å². The van der Waals surface area contributed by atoms with Gasteiger partial charge in [-0.3, -0.25) is 19.6 Å². The van der Waals surface area contributed by atoms with Gasteiger partial charge in [0.05, 0.1) is 11.1 Å². The Morgan fingerprint density at radius 2 is 0.848 bits per heavy atom. The summed E-state index contributed by atoms with van der Waals surface area (Å²) in [6.45, 7) is 1.38. The largest absolute Gasteiger partial charge is 0.387 e. The van der Waals surface area contributed by atoms with Crippen LogP contribution in [-0.2, 0) is 0 Å². The van der Waals surface area contributed by atoms with Crippen molar-refractivity contribution >= 4 is 57.0 Å². The lowest BCUT2D eigenvalue weighted by Gasteiger charge is -2.39. The van der Waals surface area contributed by atoms with Crippen molar-refractivity contribution in [2.45, 2.75) is 70.1 Å². The number of halogens is 14. The van der Waals surface area contributed by atoms with Crippen molar-refractivity contribution in [3.8, 4) is 0 Å². The van der Waals surface area contributed by atoms with E-state index < -0.39 is 76.7 Å². The molecule has 0 atom stereocenters. The highest BCUT2D eigenvalue weighted by Gasteiger charge is 2.89. The number of amides is 2. The molecule has 2 rings (SSSR count). The molecule has 2 N–H and O–H groups in total. The molecule has 0 aliphatic rings. The van der Waals surface area contributed by atoms with Crippen LogP contribution in [0.4, 0.5) is 52.7 Å². The number of alkyl halides is 14. The number of carbonyl (C=O) groups excluding carboxylic acids is 2. The Bertz CT molecular complexity index is 1140. The monoisotopic (exact) mass is 908 g/mol. The van der Waals surface area contributed by atoms with Gasteiger partial charge in [0.15, 0.2) is 0 Å². The number of hydrogen-bond acceptors (Lipinski definition) is 4. The van der Waals surface area contributed by atoms with Crippen molar-refractivity contribution in [1.29, 1.82) is 0 Å². The minimum atomic E-state index is -7.44. The Morgan fingerprint density at radius 3 is 1.11 bits per heavy atom. The first-order valence-electron chi connectivity index (χ1n) is 13.0. The summed E-state index contributed by atoms with van der Waals surface area (Å²) in [5, 5.41) is 5.81. The molecule has 6 nitrogen and oxygen atoms in total. The molecule has 260 valence electrons. The molecule has 0 spiro atoms. The molecule has 2 aromatic heterocycles. The number of rotatable bonds is 16. The quantitative estimate of drug-likeness (QED) is 0.0766. The van der Waals surface area contributed by atoms with Crippen molar-refractivity contribution in [1.82, 2.24) is 20.6 Å². The standard InChI is InChI=1S/C20H26N4O2.C6F12I2/c25-19(17-9-7-11-21-15-17)23-13-5-3-1-2-4-6-14-24-20(26)18-10-8-12-22-16-18;7-1(8,3(11,12)5(15,16)19)2(9,10)4(13,14)6(17,18)20/h7-12,15-16H,1-6,13-14H2,(H,23,25)(H,24,26);. The zero-order chi connectivity index (χ0) is 35.5. The fraction of sp³-hybridized carbons (Fsp3) is 0.538. The molecule has 0 bridgehead atoms. The van der Waals surface area contributed by atoms with Gasteiger partial charge in [0.1, 0.15) is 0 Å². The summed E-state index contributed by atoms with van der Waals surface area (Å²) in [7, 11) is 0. The highest BCUT2D eigenvalue weighted by atomic mass is 127. The van der Waals surface area contributed by atoms with Crippen molar-refractivity contribution in [3.63, 3.8) is 0 Å². The Labute approximate surface area is 282 Å². The molecule has 2 aromatic rings.